The van der Waals surface area contributed by atoms with E-state index in [0.29, 0.717) is 17.7 Å². The van der Waals surface area contributed by atoms with Crippen molar-refractivity contribution in [3.63, 3.8) is 0 Å². The maximum absolute atomic E-state index is 10.0. The van der Waals surface area contributed by atoms with Crippen molar-refractivity contribution in [2.75, 3.05) is 20.3 Å². The Balaban J connectivity index is 2.00. The molecule has 19 heavy (non-hydrogen) atoms. The van der Waals surface area contributed by atoms with Crippen molar-refractivity contribution in [3.05, 3.63) is 23.8 Å². The van der Waals surface area contributed by atoms with E-state index in [-0.39, 0.29) is 11.8 Å². The molecule has 1 fully saturated rings. The Morgan fingerprint density at radius 1 is 1.42 bits per heavy atom. The van der Waals surface area contributed by atoms with Crippen LogP contribution in [-0.4, -0.2) is 31.5 Å². The number of rotatable bonds is 5. The second-order valence-electron chi connectivity index (χ2n) is 5.23. The minimum Gasteiger partial charge on any atom is -0.507 e. The number of ether oxygens (including phenoxy) is 2. The second kappa shape index (κ2) is 6.26. The van der Waals surface area contributed by atoms with Gasteiger partial charge in [-0.2, -0.15) is 0 Å². The number of phenolic OH excluding ortho intramolecular Hbond substituents is 1. The first-order valence-corrected chi connectivity index (χ1v) is 6.82. The van der Waals surface area contributed by atoms with Crippen LogP contribution >= 0.6 is 0 Å². The van der Waals surface area contributed by atoms with Gasteiger partial charge in [-0.25, -0.2) is 0 Å². The first-order valence-electron chi connectivity index (χ1n) is 6.82. The number of nitrogens with one attached hydrogen (secondary N) is 1. The van der Waals surface area contributed by atoms with Crippen LogP contribution in [0.3, 0.4) is 0 Å². The first kappa shape index (κ1) is 14.2. The molecule has 1 aromatic carbocycles. The molecule has 4 nitrogen and oxygen atoms in total. The van der Waals surface area contributed by atoms with Crippen molar-refractivity contribution in [1.82, 2.24) is 5.32 Å². The molecule has 0 bridgehead atoms. The first-order chi connectivity index (χ1) is 9.11. The van der Waals surface area contributed by atoms with Crippen LogP contribution in [0.4, 0.5) is 0 Å². The molecule has 0 spiro atoms. The molecule has 3 unspecified atom stereocenters. The van der Waals surface area contributed by atoms with Gasteiger partial charge in [-0.15, -0.1) is 0 Å². The smallest absolute Gasteiger partial charge is 0.124 e. The van der Waals surface area contributed by atoms with Crippen molar-refractivity contribution in [2.24, 2.45) is 5.92 Å². The predicted octanol–water partition coefficient (Wildman–Crippen LogP) is 2.48. The lowest BCUT2D eigenvalue weighted by Gasteiger charge is -2.25. The molecule has 1 aliphatic rings. The van der Waals surface area contributed by atoms with Crippen molar-refractivity contribution in [3.8, 4) is 11.5 Å². The SMILES string of the molecule is COc1ccc(C(C)NC(C)C2CCOC2)c(O)c1. The number of aromatic hydroxyl groups is 1. The topological polar surface area (TPSA) is 50.7 Å². The van der Waals surface area contributed by atoms with Crippen LogP contribution in [0.5, 0.6) is 11.5 Å². The molecule has 4 heteroatoms. The van der Waals surface area contributed by atoms with Gasteiger partial charge in [0.2, 0.25) is 0 Å². The highest BCUT2D eigenvalue weighted by Gasteiger charge is 2.24. The number of benzene rings is 1. The fourth-order valence-electron chi connectivity index (χ4n) is 2.58. The summed E-state index contributed by atoms with van der Waals surface area (Å²) in [6.45, 7) is 5.93. The van der Waals surface area contributed by atoms with Crippen LogP contribution in [0, 0.1) is 5.92 Å². The summed E-state index contributed by atoms with van der Waals surface area (Å²) in [6, 6.07) is 5.90. The fourth-order valence-corrected chi connectivity index (χ4v) is 2.58. The number of methoxy groups -OCH3 is 1. The maximum atomic E-state index is 10.0. The Bertz CT molecular complexity index is 416. The van der Waals surface area contributed by atoms with Gasteiger partial charge in [0.15, 0.2) is 0 Å². The Labute approximate surface area is 114 Å². The van der Waals surface area contributed by atoms with E-state index in [1.165, 1.54) is 0 Å². The van der Waals surface area contributed by atoms with Crippen LogP contribution in [0.2, 0.25) is 0 Å². The van der Waals surface area contributed by atoms with Crippen LogP contribution in [-0.2, 0) is 4.74 Å². The Morgan fingerprint density at radius 2 is 2.21 bits per heavy atom. The predicted molar refractivity (Wildman–Crippen MR) is 74.6 cm³/mol. The van der Waals surface area contributed by atoms with E-state index in [4.69, 9.17) is 9.47 Å². The van der Waals surface area contributed by atoms with Gasteiger partial charge in [-0.05, 0) is 32.3 Å². The highest BCUT2D eigenvalue weighted by atomic mass is 16.5. The summed E-state index contributed by atoms with van der Waals surface area (Å²) in [5.41, 5.74) is 0.895. The van der Waals surface area contributed by atoms with Gasteiger partial charge in [-0.3, -0.25) is 0 Å². The molecule has 0 aliphatic carbocycles. The number of hydrogen-bond donors (Lipinski definition) is 2. The van der Waals surface area contributed by atoms with Crippen LogP contribution in [0.1, 0.15) is 31.9 Å². The van der Waals surface area contributed by atoms with E-state index < -0.39 is 0 Å². The van der Waals surface area contributed by atoms with Crippen molar-refractivity contribution < 1.29 is 14.6 Å². The third-order valence-corrected chi connectivity index (χ3v) is 3.89. The molecular formula is C15H23NO3. The maximum Gasteiger partial charge on any atom is 0.124 e. The van der Waals surface area contributed by atoms with Gasteiger partial charge in [0.25, 0.3) is 0 Å². The molecule has 0 amide bonds. The summed E-state index contributed by atoms with van der Waals surface area (Å²) >= 11 is 0. The molecule has 2 N–H and O–H groups in total. The molecule has 0 radical (unpaired) electrons. The Morgan fingerprint density at radius 3 is 2.79 bits per heavy atom. The molecule has 1 aliphatic heterocycles. The van der Waals surface area contributed by atoms with E-state index in [9.17, 15) is 5.11 Å². The Hall–Kier alpha value is -1.26. The average Bonchev–Trinajstić information content (AvgIpc) is 2.92. The molecule has 1 aromatic rings. The van der Waals surface area contributed by atoms with Gasteiger partial charge >= 0.3 is 0 Å². The monoisotopic (exact) mass is 265 g/mol. The summed E-state index contributed by atoms with van der Waals surface area (Å²) in [7, 11) is 1.60. The lowest BCUT2D eigenvalue weighted by atomic mass is 9.98. The van der Waals surface area contributed by atoms with Gasteiger partial charge < -0.3 is 19.9 Å². The van der Waals surface area contributed by atoms with E-state index in [1.807, 2.05) is 12.1 Å². The fraction of sp³-hybridized carbons (Fsp3) is 0.600. The Kier molecular flexibility index (Phi) is 4.66. The summed E-state index contributed by atoms with van der Waals surface area (Å²) in [5.74, 6) is 1.50. The summed E-state index contributed by atoms with van der Waals surface area (Å²) in [5, 5.41) is 13.6. The largest absolute Gasteiger partial charge is 0.507 e. The number of hydrogen-bond acceptors (Lipinski definition) is 4. The lowest BCUT2D eigenvalue weighted by molar-refractivity contribution is 0.177. The van der Waals surface area contributed by atoms with E-state index in [2.05, 4.69) is 19.2 Å². The van der Waals surface area contributed by atoms with E-state index in [1.54, 1.807) is 13.2 Å². The third-order valence-electron chi connectivity index (χ3n) is 3.89. The zero-order valence-corrected chi connectivity index (χ0v) is 11.8. The van der Waals surface area contributed by atoms with Crippen LogP contribution < -0.4 is 10.1 Å². The van der Waals surface area contributed by atoms with Gasteiger partial charge in [0.1, 0.15) is 11.5 Å². The van der Waals surface area contributed by atoms with Gasteiger partial charge in [-0.1, -0.05) is 6.07 Å². The highest BCUT2D eigenvalue weighted by molar-refractivity contribution is 5.41. The summed E-state index contributed by atoms with van der Waals surface area (Å²) in [4.78, 5) is 0. The quantitative estimate of drug-likeness (QED) is 0.858. The lowest BCUT2D eigenvalue weighted by Crippen LogP contribution is -2.35. The molecule has 0 aromatic heterocycles. The van der Waals surface area contributed by atoms with Crippen LogP contribution in [0.25, 0.3) is 0 Å². The normalized spacial score (nSPS) is 22.2. The molecule has 1 saturated heterocycles. The van der Waals surface area contributed by atoms with Crippen molar-refractivity contribution in [2.45, 2.75) is 32.4 Å². The molecule has 106 valence electrons. The second-order valence-corrected chi connectivity index (χ2v) is 5.23. The zero-order valence-electron chi connectivity index (χ0n) is 11.8. The van der Waals surface area contributed by atoms with E-state index >= 15 is 0 Å². The average molecular weight is 265 g/mol. The minimum absolute atomic E-state index is 0.0986. The number of phenols is 1. The van der Waals surface area contributed by atoms with E-state index in [0.717, 1.165) is 25.2 Å². The van der Waals surface area contributed by atoms with Crippen molar-refractivity contribution >= 4 is 0 Å². The zero-order chi connectivity index (χ0) is 13.8. The molecular weight excluding hydrogens is 242 g/mol. The minimum atomic E-state index is 0.0986. The van der Waals surface area contributed by atoms with Gasteiger partial charge in [0, 0.05) is 30.3 Å². The highest BCUT2D eigenvalue weighted by Crippen LogP contribution is 2.29. The standard InChI is InChI=1S/C15H23NO3/c1-10(12-6-7-19-9-12)16-11(2)14-5-4-13(18-3)8-15(14)17/h4-5,8,10-12,16-17H,6-7,9H2,1-3H3. The third kappa shape index (κ3) is 3.39. The summed E-state index contributed by atoms with van der Waals surface area (Å²) < 4.78 is 10.5. The molecule has 2 rings (SSSR count). The van der Waals surface area contributed by atoms with Crippen molar-refractivity contribution in [1.29, 1.82) is 0 Å². The summed E-state index contributed by atoms with van der Waals surface area (Å²) in [6.07, 6.45) is 1.11. The molecule has 3 atom stereocenters. The molecule has 1 heterocycles. The molecule has 0 saturated carbocycles. The van der Waals surface area contributed by atoms with Gasteiger partial charge in [0.05, 0.1) is 13.7 Å². The van der Waals surface area contributed by atoms with Crippen LogP contribution in [0.15, 0.2) is 18.2 Å².